The molecule has 3 aromatic carbocycles. The molecule has 0 bridgehead atoms. The molecule has 0 aliphatic rings. The maximum absolute atomic E-state index is 12.6. The van der Waals surface area contributed by atoms with Gasteiger partial charge in [-0.1, -0.05) is 48.5 Å². The van der Waals surface area contributed by atoms with Gasteiger partial charge in [0.15, 0.2) is 0 Å². The Morgan fingerprint density at radius 1 is 1.00 bits per heavy atom. The van der Waals surface area contributed by atoms with E-state index in [-0.39, 0.29) is 11.6 Å². The summed E-state index contributed by atoms with van der Waals surface area (Å²) in [7, 11) is 1.61. The highest BCUT2D eigenvalue weighted by atomic mass is 16.6. The molecule has 0 heterocycles. The zero-order valence-electron chi connectivity index (χ0n) is 15.5. The molecule has 0 saturated heterocycles. The van der Waals surface area contributed by atoms with Crippen LogP contribution in [-0.4, -0.2) is 24.4 Å². The summed E-state index contributed by atoms with van der Waals surface area (Å²) < 4.78 is 0. The molecule has 0 aromatic heterocycles. The summed E-state index contributed by atoms with van der Waals surface area (Å²) in [5, 5.41) is 14.7. The third-order valence-electron chi connectivity index (χ3n) is 4.46. The molecular formula is C22H21N3O3. The van der Waals surface area contributed by atoms with Crippen LogP contribution in [0.1, 0.15) is 15.9 Å². The van der Waals surface area contributed by atoms with E-state index in [4.69, 9.17) is 0 Å². The van der Waals surface area contributed by atoms with Crippen LogP contribution in [0.15, 0.2) is 78.9 Å². The second-order valence-corrected chi connectivity index (χ2v) is 6.35. The first-order chi connectivity index (χ1) is 13.6. The van der Waals surface area contributed by atoms with E-state index in [9.17, 15) is 14.9 Å². The predicted octanol–water partition coefficient (Wildman–Crippen LogP) is 4.53. The van der Waals surface area contributed by atoms with Gasteiger partial charge in [0.25, 0.3) is 11.6 Å². The first-order valence-corrected chi connectivity index (χ1v) is 8.95. The molecule has 0 unspecified atom stereocenters. The Labute approximate surface area is 163 Å². The van der Waals surface area contributed by atoms with Crippen LogP contribution in [0.5, 0.6) is 0 Å². The molecule has 1 N–H and O–H groups in total. The second-order valence-electron chi connectivity index (χ2n) is 6.35. The van der Waals surface area contributed by atoms with Crippen LogP contribution >= 0.6 is 0 Å². The maximum atomic E-state index is 12.6. The van der Waals surface area contributed by atoms with Crippen molar-refractivity contribution in [2.24, 2.45) is 0 Å². The Kier molecular flexibility index (Phi) is 6.01. The quantitative estimate of drug-likeness (QED) is 0.486. The fourth-order valence-corrected chi connectivity index (χ4v) is 2.91. The van der Waals surface area contributed by atoms with Crippen molar-refractivity contribution >= 4 is 23.0 Å². The molecular weight excluding hydrogens is 354 g/mol. The van der Waals surface area contributed by atoms with Crippen molar-refractivity contribution in [3.05, 3.63) is 100 Å². The van der Waals surface area contributed by atoms with Crippen LogP contribution < -0.4 is 10.2 Å². The van der Waals surface area contributed by atoms with Gasteiger partial charge in [-0.15, -0.1) is 0 Å². The van der Waals surface area contributed by atoms with Crippen molar-refractivity contribution in [1.29, 1.82) is 0 Å². The molecule has 0 spiro atoms. The molecule has 0 radical (unpaired) electrons. The standard InChI is InChI=1S/C22H21N3O3/c1-24(22(26)18-10-6-3-7-11-18)19-12-13-20(21(16-19)25(27)28)23-15-14-17-8-4-2-5-9-17/h2-13,16,23H,14-15H2,1H3. The summed E-state index contributed by atoms with van der Waals surface area (Å²) >= 11 is 0. The zero-order chi connectivity index (χ0) is 19.9. The summed E-state index contributed by atoms with van der Waals surface area (Å²) in [6.45, 7) is 0.572. The molecule has 0 aliphatic carbocycles. The fourth-order valence-electron chi connectivity index (χ4n) is 2.91. The Bertz CT molecular complexity index is 959. The number of carbonyl (C=O) groups excluding carboxylic acids is 1. The highest BCUT2D eigenvalue weighted by Gasteiger charge is 2.19. The van der Waals surface area contributed by atoms with Crippen molar-refractivity contribution in [3.63, 3.8) is 0 Å². The Morgan fingerprint density at radius 3 is 2.29 bits per heavy atom. The minimum atomic E-state index is -0.435. The lowest BCUT2D eigenvalue weighted by Gasteiger charge is -2.18. The average Bonchev–Trinajstić information content (AvgIpc) is 2.74. The van der Waals surface area contributed by atoms with Crippen LogP contribution in [0.2, 0.25) is 0 Å². The molecule has 6 nitrogen and oxygen atoms in total. The van der Waals surface area contributed by atoms with E-state index in [1.807, 2.05) is 36.4 Å². The van der Waals surface area contributed by atoms with E-state index >= 15 is 0 Å². The number of carbonyl (C=O) groups is 1. The normalized spacial score (nSPS) is 10.3. The van der Waals surface area contributed by atoms with Crippen molar-refractivity contribution < 1.29 is 9.72 Å². The lowest BCUT2D eigenvalue weighted by atomic mass is 10.1. The van der Waals surface area contributed by atoms with Crippen LogP contribution in [-0.2, 0) is 6.42 Å². The van der Waals surface area contributed by atoms with Gasteiger partial charge in [-0.25, -0.2) is 0 Å². The summed E-state index contributed by atoms with van der Waals surface area (Å²) in [5.74, 6) is -0.223. The van der Waals surface area contributed by atoms with E-state index in [2.05, 4.69) is 5.32 Å². The predicted molar refractivity (Wildman–Crippen MR) is 111 cm³/mol. The van der Waals surface area contributed by atoms with Gasteiger partial charge in [-0.05, 0) is 36.2 Å². The van der Waals surface area contributed by atoms with E-state index in [0.717, 1.165) is 12.0 Å². The number of anilines is 2. The van der Waals surface area contributed by atoms with Crippen LogP contribution in [0.25, 0.3) is 0 Å². The molecule has 1 amide bonds. The third-order valence-corrected chi connectivity index (χ3v) is 4.46. The van der Waals surface area contributed by atoms with E-state index in [1.54, 1.807) is 43.4 Å². The first kappa shape index (κ1) is 19.1. The lowest BCUT2D eigenvalue weighted by Crippen LogP contribution is -2.26. The SMILES string of the molecule is CN(C(=O)c1ccccc1)c1ccc(NCCc2ccccc2)c([N+](=O)[O-])c1. The number of rotatable bonds is 7. The molecule has 0 saturated carbocycles. The highest BCUT2D eigenvalue weighted by molar-refractivity contribution is 6.06. The summed E-state index contributed by atoms with van der Waals surface area (Å²) in [4.78, 5) is 25.1. The maximum Gasteiger partial charge on any atom is 0.294 e. The second kappa shape index (κ2) is 8.81. The van der Waals surface area contributed by atoms with Gasteiger partial charge in [-0.2, -0.15) is 0 Å². The van der Waals surface area contributed by atoms with Gasteiger partial charge in [0.05, 0.1) is 10.6 Å². The minimum absolute atomic E-state index is 0.0572. The van der Waals surface area contributed by atoms with E-state index < -0.39 is 4.92 Å². The summed E-state index contributed by atoms with van der Waals surface area (Å²) in [5.41, 5.74) is 2.53. The van der Waals surface area contributed by atoms with Gasteiger partial charge in [0, 0.05) is 25.2 Å². The van der Waals surface area contributed by atoms with Crippen molar-refractivity contribution in [3.8, 4) is 0 Å². The minimum Gasteiger partial charge on any atom is -0.379 e. The van der Waals surface area contributed by atoms with Crippen LogP contribution in [0, 0.1) is 10.1 Å². The lowest BCUT2D eigenvalue weighted by molar-refractivity contribution is -0.383. The monoisotopic (exact) mass is 375 g/mol. The number of nitro benzene ring substituents is 1. The van der Waals surface area contributed by atoms with Gasteiger partial charge < -0.3 is 10.2 Å². The summed E-state index contributed by atoms with van der Waals surface area (Å²) in [6.07, 6.45) is 0.756. The smallest absolute Gasteiger partial charge is 0.294 e. The van der Waals surface area contributed by atoms with Gasteiger partial charge >= 0.3 is 0 Å². The van der Waals surface area contributed by atoms with Gasteiger partial charge in [0.2, 0.25) is 0 Å². The molecule has 3 aromatic rings. The van der Waals surface area contributed by atoms with Gasteiger partial charge in [-0.3, -0.25) is 14.9 Å². The van der Waals surface area contributed by atoms with Crippen LogP contribution in [0.4, 0.5) is 17.1 Å². The average molecular weight is 375 g/mol. The number of hydrogen-bond donors (Lipinski definition) is 1. The largest absolute Gasteiger partial charge is 0.379 e. The number of benzene rings is 3. The van der Waals surface area contributed by atoms with E-state index in [1.165, 1.54) is 11.0 Å². The zero-order valence-corrected chi connectivity index (χ0v) is 15.5. The van der Waals surface area contributed by atoms with Crippen molar-refractivity contribution in [1.82, 2.24) is 0 Å². The van der Waals surface area contributed by atoms with E-state index in [0.29, 0.717) is 23.5 Å². The Balaban J connectivity index is 1.75. The topological polar surface area (TPSA) is 75.5 Å². The molecule has 3 rings (SSSR count). The molecule has 0 fully saturated rings. The number of amides is 1. The first-order valence-electron chi connectivity index (χ1n) is 8.95. The molecule has 6 heteroatoms. The number of nitro groups is 1. The third kappa shape index (κ3) is 4.54. The summed E-state index contributed by atoms with van der Waals surface area (Å²) in [6, 6.07) is 23.5. The molecule has 0 atom stereocenters. The number of nitrogens with zero attached hydrogens (tertiary/aromatic N) is 2. The molecule has 28 heavy (non-hydrogen) atoms. The van der Waals surface area contributed by atoms with Gasteiger partial charge in [0.1, 0.15) is 5.69 Å². The van der Waals surface area contributed by atoms with Crippen molar-refractivity contribution in [2.45, 2.75) is 6.42 Å². The molecule has 0 aliphatic heterocycles. The van der Waals surface area contributed by atoms with Crippen LogP contribution in [0.3, 0.4) is 0 Å². The van der Waals surface area contributed by atoms with Crippen molar-refractivity contribution in [2.75, 3.05) is 23.8 Å². The number of hydrogen-bond acceptors (Lipinski definition) is 4. The Hall–Kier alpha value is -3.67. The molecule has 142 valence electrons. The number of nitrogens with one attached hydrogen (secondary N) is 1. The highest BCUT2D eigenvalue weighted by Crippen LogP contribution is 2.30. The fraction of sp³-hybridized carbons (Fsp3) is 0.136. The Morgan fingerprint density at radius 2 is 1.64 bits per heavy atom.